The summed E-state index contributed by atoms with van der Waals surface area (Å²) in [5.41, 5.74) is 7.07. The van der Waals surface area contributed by atoms with Gasteiger partial charge in [0.05, 0.1) is 0 Å². The maximum atomic E-state index is 5.95. The Bertz CT molecular complexity index is 336. The summed E-state index contributed by atoms with van der Waals surface area (Å²) in [5.74, 6) is 1.00. The molecule has 17 heavy (non-hydrogen) atoms. The Balaban J connectivity index is 2.65. The zero-order valence-corrected chi connectivity index (χ0v) is 11.3. The second-order valence-electron chi connectivity index (χ2n) is 4.78. The minimum Gasteiger partial charge on any atom is -0.359 e. The minimum atomic E-state index is 0.0231. The van der Waals surface area contributed by atoms with Gasteiger partial charge in [0.1, 0.15) is 5.82 Å². The Kier molecular flexibility index (Phi) is 5.38. The standard InChI is InChI=1S/C13H24N4/c1-11(14)12-7-5-8-15-13(12)17(4)10-6-9-16(2)3/h5,7-8,11H,6,9-10,14H2,1-4H3/t11-/m0/s1. The van der Waals surface area contributed by atoms with E-state index >= 15 is 0 Å². The first-order valence-electron chi connectivity index (χ1n) is 6.08. The third-order valence-electron chi connectivity index (χ3n) is 2.77. The lowest BCUT2D eigenvalue weighted by Crippen LogP contribution is -2.26. The number of nitrogens with zero attached hydrogens (tertiary/aromatic N) is 3. The van der Waals surface area contributed by atoms with Gasteiger partial charge in [-0.25, -0.2) is 4.98 Å². The van der Waals surface area contributed by atoms with Gasteiger partial charge in [-0.3, -0.25) is 0 Å². The fourth-order valence-corrected chi connectivity index (χ4v) is 1.81. The predicted octanol–water partition coefficient (Wildman–Crippen LogP) is 1.49. The van der Waals surface area contributed by atoms with Crippen molar-refractivity contribution >= 4 is 5.82 Å². The molecule has 1 heterocycles. The summed E-state index contributed by atoms with van der Waals surface area (Å²) in [7, 11) is 6.26. The molecule has 4 nitrogen and oxygen atoms in total. The molecule has 96 valence electrons. The Morgan fingerprint density at radius 1 is 1.29 bits per heavy atom. The van der Waals surface area contributed by atoms with Gasteiger partial charge < -0.3 is 15.5 Å². The number of pyridine rings is 1. The number of hydrogen-bond donors (Lipinski definition) is 1. The molecule has 0 spiro atoms. The van der Waals surface area contributed by atoms with Gasteiger partial charge in [-0.15, -0.1) is 0 Å². The molecule has 0 fully saturated rings. The third kappa shape index (κ3) is 4.32. The van der Waals surface area contributed by atoms with E-state index in [1.807, 2.05) is 19.2 Å². The fourth-order valence-electron chi connectivity index (χ4n) is 1.81. The van der Waals surface area contributed by atoms with Crippen LogP contribution in [-0.2, 0) is 0 Å². The monoisotopic (exact) mass is 236 g/mol. The van der Waals surface area contributed by atoms with Crippen molar-refractivity contribution in [3.8, 4) is 0 Å². The second-order valence-corrected chi connectivity index (χ2v) is 4.78. The van der Waals surface area contributed by atoms with Gasteiger partial charge in [-0.05, 0) is 40.1 Å². The molecule has 4 heteroatoms. The highest BCUT2D eigenvalue weighted by Crippen LogP contribution is 2.21. The van der Waals surface area contributed by atoms with E-state index in [0.717, 1.165) is 30.9 Å². The van der Waals surface area contributed by atoms with Crippen molar-refractivity contribution in [2.75, 3.05) is 39.1 Å². The topological polar surface area (TPSA) is 45.4 Å². The normalized spacial score (nSPS) is 12.8. The highest BCUT2D eigenvalue weighted by atomic mass is 15.2. The van der Waals surface area contributed by atoms with E-state index in [4.69, 9.17) is 5.73 Å². The van der Waals surface area contributed by atoms with Crippen molar-refractivity contribution < 1.29 is 0 Å². The molecule has 1 rings (SSSR count). The van der Waals surface area contributed by atoms with Crippen molar-refractivity contribution in [3.05, 3.63) is 23.9 Å². The first-order valence-corrected chi connectivity index (χ1v) is 6.08. The summed E-state index contributed by atoms with van der Waals surface area (Å²) in [4.78, 5) is 8.81. The summed E-state index contributed by atoms with van der Waals surface area (Å²) < 4.78 is 0. The van der Waals surface area contributed by atoms with Crippen molar-refractivity contribution in [3.63, 3.8) is 0 Å². The van der Waals surface area contributed by atoms with Crippen molar-refractivity contribution in [1.29, 1.82) is 0 Å². The Morgan fingerprint density at radius 2 is 2.00 bits per heavy atom. The summed E-state index contributed by atoms with van der Waals surface area (Å²) in [5, 5.41) is 0. The molecule has 1 atom stereocenters. The molecule has 0 bridgehead atoms. The highest BCUT2D eigenvalue weighted by Gasteiger charge is 2.11. The van der Waals surface area contributed by atoms with Gasteiger partial charge in [0.2, 0.25) is 0 Å². The summed E-state index contributed by atoms with van der Waals surface area (Å²) in [6, 6.07) is 4.01. The smallest absolute Gasteiger partial charge is 0.133 e. The van der Waals surface area contributed by atoms with Crippen LogP contribution in [0.5, 0.6) is 0 Å². The number of rotatable bonds is 6. The number of nitrogens with two attached hydrogens (primary N) is 1. The van der Waals surface area contributed by atoms with Gasteiger partial charge in [-0.1, -0.05) is 6.07 Å². The Labute approximate surface area is 104 Å². The molecule has 2 N–H and O–H groups in total. The molecular formula is C13H24N4. The number of anilines is 1. The van der Waals surface area contributed by atoms with Crippen LogP contribution in [0.15, 0.2) is 18.3 Å². The minimum absolute atomic E-state index is 0.0231. The Hall–Kier alpha value is -1.13. The largest absolute Gasteiger partial charge is 0.359 e. The van der Waals surface area contributed by atoms with E-state index in [1.54, 1.807) is 0 Å². The predicted molar refractivity (Wildman–Crippen MR) is 73.3 cm³/mol. The van der Waals surface area contributed by atoms with Crippen molar-refractivity contribution in [2.45, 2.75) is 19.4 Å². The molecular weight excluding hydrogens is 212 g/mol. The molecule has 0 saturated carbocycles. The van der Waals surface area contributed by atoms with E-state index in [9.17, 15) is 0 Å². The van der Waals surface area contributed by atoms with Crippen molar-refractivity contribution in [2.24, 2.45) is 5.73 Å². The lowest BCUT2D eigenvalue weighted by atomic mass is 10.1. The van der Waals surface area contributed by atoms with E-state index in [1.165, 1.54) is 0 Å². The van der Waals surface area contributed by atoms with Crippen LogP contribution in [-0.4, -0.2) is 44.1 Å². The summed E-state index contributed by atoms with van der Waals surface area (Å²) in [6.07, 6.45) is 2.95. The van der Waals surface area contributed by atoms with Gasteiger partial charge in [0.15, 0.2) is 0 Å². The van der Waals surface area contributed by atoms with Crippen LogP contribution < -0.4 is 10.6 Å². The van der Waals surface area contributed by atoms with E-state index < -0.39 is 0 Å². The summed E-state index contributed by atoms with van der Waals surface area (Å²) in [6.45, 7) is 4.08. The average molecular weight is 236 g/mol. The quantitative estimate of drug-likeness (QED) is 0.813. The molecule has 0 saturated heterocycles. The van der Waals surface area contributed by atoms with Crippen molar-refractivity contribution in [1.82, 2.24) is 9.88 Å². The fraction of sp³-hybridized carbons (Fsp3) is 0.615. The molecule has 0 amide bonds. The number of hydrogen-bond acceptors (Lipinski definition) is 4. The zero-order valence-electron chi connectivity index (χ0n) is 11.3. The van der Waals surface area contributed by atoms with Crippen LogP contribution in [0.4, 0.5) is 5.82 Å². The average Bonchev–Trinajstić information content (AvgIpc) is 2.28. The molecule has 0 aliphatic carbocycles. The summed E-state index contributed by atoms with van der Waals surface area (Å²) >= 11 is 0. The maximum absolute atomic E-state index is 5.95. The second kappa shape index (κ2) is 6.57. The molecule has 1 aromatic heterocycles. The molecule has 0 aliphatic heterocycles. The molecule has 0 radical (unpaired) electrons. The van der Waals surface area contributed by atoms with Crippen LogP contribution in [0.3, 0.4) is 0 Å². The highest BCUT2D eigenvalue weighted by molar-refractivity contribution is 5.47. The molecule has 1 aromatic rings. The zero-order chi connectivity index (χ0) is 12.8. The first-order chi connectivity index (χ1) is 8.02. The molecule has 0 unspecified atom stereocenters. The van der Waals surface area contributed by atoms with Gasteiger partial charge in [-0.2, -0.15) is 0 Å². The first kappa shape index (κ1) is 13.9. The third-order valence-corrected chi connectivity index (χ3v) is 2.77. The molecule has 0 aromatic carbocycles. The van der Waals surface area contributed by atoms with E-state index in [2.05, 4.69) is 42.0 Å². The van der Waals surface area contributed by atoms with Gasteiger partial charge in [0, 0.05) is 31.4 Å². The van der Waals surface area contributed by atoms with Crippen LogP contribution in [0.25, 0.3) is 0 Å². The van der Waals surface area contributed by atoms with E-state index in [0.29, 0.717) is 0 Å². The Morgan fingerprint density at radius 3 is 2.59 bits per heavy atom. The lowest BCUT2D eigenvalue weighted by Gasteiger charge is -2.23. The van der Waals surface area contributed by atoms with Gasteiger partial charge >= 0.3 is 0 Å². The SMILES string of the molecule is C[C@H](N)c1cccnc1N(C)CCCN(C)C. The van der Waals surface area contributed by atoms with Crippen LogP contribution >= 0.6 is 0 Å². The maximum Gasteiger partial charge on any atom is 0.133 e. The van der Waals surface area contributed by atoms with Crippen LogP contribution in [0, 0.1) is 0 Å². The van der Waals surface area contributed by atoms with Crippen LogP contribution in [0.1, 0.15) is 24.9 Å². The van der Waals surface area contributed by atoms with E-state index in [-0.39, 0.29) is 6.04 Å². The van der Waals surface area contributed by atoms with Crippen LogP contribution in [0.2, 0.25) is 0 Å². The number of aromatic nitrogens is 1. The lowest BCUT2D eigenvalue weighted by molar-refractivity contribution is 0.401. The van der Waals surface area contributed by atoms with Gasteiger partial charge in [0.25, 0.3) is 0 Å². The molecule has 0 aliphatic rings.